The van der Waals surface area contributed by atoms with Gasteiger partial charge in [-0.25, -0.2) is 15.3 Å². The van der Waals surface area contributed by atoms with Gasteiger partial charge in [0.25, 0.3) is 11.5 Å². The molecular formula is C17H20N6O7S. The summed E-state index contributed by atoms with van der Waals surface area (Å²) in [7, 11) is 0. The fraction of sp³-hybridized carbons (Fsp3) is 0.353. The van der Waals surface area contributed by atoms with Crippen LogP contribution >= 0.6 is 11.8 Å². The Hall–Kier alpha value is -3.68. The van der Waals surface area contributed by atoms with Crippen molar-refractivity contribution >= 4 is 29.6 Å². The van der Waals surface area contributed by atoms with E-state index in [0.29, 0.717) is 5.56 Å². The number of amides is 1. The van der Waals surface area contributed by atoms with Gasteiger partial charge in [0.2, 0.25) is 5.75 Å². The maximum absolute atomic E-state index is 12.2. The normalized spacial score (nSPS) is 11.8. The van der Waals surface area contributed by atoms with Gasteiger partial charge in [0.15, 0.2) is 10.8 Å². The first-order valence-corrected chi connectivity index (χ1v) is 9.91. The molecule has 3 N–H and O–H groups in total. The summed E-state index contributed by atoms with van der Waals surface area (Å²) in [6.07, 6.45) is 1.21. The van der Waals surface area contributed by atoms with Gasteiger partial charge in [-0.2, -0.15) is 10.2 Å². The molecule has 1 aromatic carbocycles. The highest BCUT2D eigenvalue weighted by atomic mass is 32.2. The lowest BCUT2D eigenvalue weighted by Gasteiger charge is -2.12. The van der Waals surface area contributed by atoms with Crippen LogP contribution in [0.2, 0.25) is 0 Å². The number of nitrogens with zero attached hydrogens (tertiary/aromatic N) is 3. The van der Waals surface area contributed by atoms with E-state index in [1.165, 1.54) is 25.3 Å². The number of benzene rings is 1. The van der Waals surface area contributed by atoms with Crippen LogP contribution in [0.3, 0.4) is 0 Å². The lowest BCUT2D eigenvalue weighted by atomic mass is 10.2. The Morgan fingerprint density at radius 1 is 1.35 bits per heavy atom. The molecule has 0 radical (unpaired) electrons. The van der Waals surface area contributed by atoms with Gasteiger partial charge in [0.05, 0.1) is 29.6 Å². The largest absolute Gasteiger partial charge is 0.490 e. The summed E-state index contributed by atoms with van der Waals surface area (Å²) in [5.41, 5.74) is 0.805. The van der Waals surface area contributed by atoms with Crippen molar-refractivity contribution in [3.05, 3.63) is 48.6 Å². The smallest absolute Gasteiger partial charge is 0.342 e. The number of nitro benzene ring substituents is 1. The van der Waals surface area contributed by atoms with E-state index in [2.05, 4.69) is 20.7 Å². The topological polar surface area (TPSA) is 182 Å². The van der Waals surface area contributed by atoms with Crippen molar-refractivity contribution in [2.24, 2.45) is 5.10 Å². The molecule has 166 valence electrons. The van der Waals surface area contributed by atoms with E-state index in [1.54, 1.807) is 13.8 Å². The number of carbonyl (C=O) groups excluding carboxylic acids is 1. The van der Waals surface area contributed by atoms with Gasteiger partial charge >= 0.3 is 11.4 Å². The molecule has 1 unspecified atom stereocenters. The van der Waals surface area contributed by atoms with Crippen LogP contribution in [0.15, 0.2) is 31.8 Å². The van der Waals surface area contributed by atoms with Gasteiger partial charge in [-0.15, -0.1) is 0 Å². The van der Waals surface area contributed by atoms with Crippen molar-refractivity contribution in [2.75, 3.05) is 13.2 Å². The molecule has 0 saturated carbocycles. The molecule has 0 saturated heterocycles. The third kappa shape index (κ3) is 6.40. The van der Waals surface area contributed by atoms with Crippen LogP contribution in [0.1, 0.15) is 26.3 Å². The molecule has 0 aliphatic heterocycles. The molecule has 0 aliphatic rings. The summed E-state index contributed by atoms with van der Waals surface area (Å²) >= 11 is 0.819. The molecule has 0 spiro atoms. The second-order valence-corrected chi connectivity index (χ2v) is 7.13. The molecule has 2 rings (SSSR count). The van der Waals surface area contributed by atoms with E-state index < -0.39 is 27.3 Å². The van der Waals surface area contributed by atoms with Crippen molar-refractivity contribution in [2.45, 2.75) is 31.0 Å². The van der Waals surface area contributed by atoms with Gasteiger partial charge in [-0.1, -0.05) is 11.8 Å². The molecule has 2 aromatic rings. The van der Waals surface area contributed by atoms with Crippen LogP contribution in [0, 0.1) is 10.1 Å². The van der Waals surface area contributed by atoms with Gasteiger partial charge < -0.3 is 9.47 Å². The standard InChI is InChI=1S/C17H20N6O7S/c1-4-29-12-7-10(6-11(23(27)28)13(12)30-5-2)8-18-20-14(24)9(3)31-16-15(25)19-17(26)22-21-16/h6-9H,4-5H2,1-3H3,(H,20,24)(H2,19,22,25,26)/b18-8+. The summed E-state index contributed by atoms with van der Waals surface area (Å²) in [5.74, 6) is -0.364. The number of ether oxygens (including phenoxy) is 2. The molecule has 14 heteroatoms. The van der Waals surface area contributed by atoms with Gasteiger partial charge in [-0.05, 0) is 26.8 Å². The number of nitrogens with one attached hydrogen (secondary N) is 3. The summed E-state index contributed by atoms with van der Waals surface area (Å²) in [4.78, 5) is 47.6. The van der Waals surface area contributed by atoms with Crippen molar-refractivity contribution < 1.29 is 19.2 Å². The fourth-order valence-corrected chi connectivity index (χ4v) is 3.02. The fourth-order valence-electron chi connectivity index (χ4n) is 2.27. The zero-order valence-corrected chi connectivity index (χ0v) is 17.6. The number of nitro groups is 1. The third-order valence-electron chi connectivity index (χ3n) is 3.57. The monoisotopic (exact) mass is 452 g/mol. The third-order valence-corrected chi connectivity index (χ3v) is 4.64. The molecule has 1 atom stereocenters. The van der Waals surface area contributed by atoms with Crippen molar-refractivity contribution in [3.8, 4) is 11.5 Å². The lowest BCUT2D eigenvalue weighted by Crippen LogP contribution is -2.30. The van der Waals surface area contributed by atoms with Crippen LogP contribution in [0.4, 0.5) is 5.69 Å². The molecule has 0 fully saturated rings. The van der Waals surface area contributed by atoms with Crippen molar-refractivity contribution in [1.82, 2.24) is 20.6 Å². The SMILES string of the molecule is CCOc1cc(/C=N/NC(=O)C(C)Sc2n[nH]c(=O)[nH]c2=O)cc([N+](=O)[O-])c1OCC. The number of rotatable bonds is 10. The van der Waals surface area contributed by atoms with Gasteiger partial charge in [0.1, 0.15) is 0 Å². The number of thioether (sulfide) groups is 1. The molecule has 0 aliphatic carbocycles. The van der Waals surface area contributed by atoms with E-state index >= 15 is 0 Å². The van der Waals surface area contributed by atoms with Gasteiger partial charge in [0, 0.05) is 11.6 Å². The molecule has 13 nitrogen and oxygen atoms in total. The predicted molar refractivity (Wildman–Crippen MR) is 112 cm³/mol. The Kier molecular flexibility index (Phi) is 8.31. The Morgan fingerprint density at radius 2 is 2.06 bits per heavy atom. The van der Waals surface area contributed by atoms with E-state index in [9.17, 15) is 24.5 Å². The number of hydrazone groups is 1. The van der Waals surface area contributed by atoms with Crippen LogP contribution in [-0.2, 0) is 4.79 Å². The van der Waals surface area contributed by atoms with E-state index in [4.69, 9.17) is 9.47 Å². The molecular weight excluding hydrogens is 432 g/mol. The second kappa shape index (κ2) is 10.9. The Morgan fingerprint density at radius 3 is 2.68 bits per heavy atom. The molecule has 1 heterocycles. The minimum atomic E-state index is -0.773. The number of carbonyl (C=O) groups is 1. The number of aromatic amines is 2. The van der Waals surface area contributed by atoms with Crippen LogP contribution in [-0.4, -0.2) is 50.7 Å². The highest BCUT2D eigenvalue weighted by molar-refractivity contribution is 8.00. The number of aromatic nitrogens is 3. The van der Waals surface area contributed by atoms with E-state index in [1.807, 2.05) is 4.98 Å². The van der Waals surface area contributed by atoms with E-state index in [0.717, 1.165) is 11.8 Å². The number of hydrogen-bond acceptors (Lipinski definition) is 10. The van der Waals surface area contributed by atoms with Crippen molar-refractivity contribution in [3.63, 3.8) is 0 Å². The average molecular weight is 452 g/mol. The molecule has 1 aromatic heterocycles. The first kappa shape index (κ1) is 23.6. The first-order valence-electron chi connectivity index (χ1n) is 9.03. The zero-order valence-electron chi connectivity index (χ0n) is 16.8. The highest BCUT2D eigenvalue weighted by Crippen LogP contribution is 2.38. The predicted octanol–water partition coefficient (Wildman–Crippen LogP) is 0.795. The van der Waals surface area contributed by atoms with Gasteiger partial charge in [-0.3, -0.25) is 24.7 Å². The molecule has 31 heavy (non-hydrogen) atoms. The summed E-state index contributed by atoms with van der Waals surface area (Å²) in [5, 5.41) is 20.0. The minimum absolute atomic E-state index is 0.0131. The summed E-state index contributed by atoms with van der Waals surface area (Å²) in [6, 6.07) is 2.74. The number of H-pyrrole nitrogens is 2. The summed E-state index contributed by atoms with van der Waals surface area (Å²) < 4.78 is 10.8. The highest BCUT2D eigenvalue weighted by Gasteiger charge is 2.22. The maximum atomic E-state index is 12.2. The molecule has 1 amide bonds. The zero-order chi connectivity index (χ0) is 23.0. The van der Waals surface area contributed by atoms with Crippen LogP contribution in [0.25, 0.3) is 0 Å². The Balaban J connectivity index is 2.15. The average Bonchev–Trinajstić information content (AvgIpc) is 2.71. The van der Waals surface area contributed by atoms with Crippen LogP contribution in [0.5, 0.6) is 11.5 Å². The summed E-state index contributed by atoms with van der Waals surface area (Å²) in [6.45, 7) is 5.41. The van der Waals surface area contributed by atoms with E-state index in [-0.39, 0.29) is 35.4 Å². The minimum Gasteiger partial charge on any atom is -0.490 e. The van der Waals surface area contributed by atoms with Crippen LogP contribution < -0.4 is 26.1 Å². The Bertz CT molecular complexity index is 1100. The quantitative estimate of drug-likeness (QED) is 0.203. The van der Waals surface area contributed by atoms with Crippen molar-refractivity contribution in [1.29, 1.82) is 0 Å². The maximum Gasteiger partial charge on any atom is 0.342 e. The first-order chi connectivity index (χ1) is 14.8. The second-order valence-electron chi connectivity index (χ2n) is 5.80. The lowest BCUT2D eigenvalue weighted by molar-refractivity contribution is -0.385. The number of hydrogen-bond donors (Lipinski definition) is 3. The Labute approximate surface area is 179 Å². The molecule has 0 bridgehead atoms.